The summed E-state index contributed by atoms with van der Waals surface area (Å²) in [5.41, 5.74) is 5.24. The second-order valence-corrected chi connectivity index (χ2v) is 5.52. The quantitative estimate of drug-likeness (QED) is 0.739. The molecule has 2 aromatic rings. The summed E-state index contributed by atoms with van der Waals surface area (Å²) in [5.74, 6) is -1.97. The number of nitrogen functional groups attached to an aromatic ring is 1. The zero-order valence-corrected chi connectivity index (χ0v) is 11.8. The van der Waals surface area contributed by atoms with Crippen molar-refractivity contribution in [1.82, 2.24) is 0 Å². The molecule has 0 atom stereocenters. The van der Waals surface area contributed by atoms with Crippen LogP contribution in [-0.4, -0.2) is 11.1 Å². The number of benzene rings is 1. The number of hydrogen-bond donors (Lipinski definition) is 3. The second kappa shape index (κ2) is 5.92. The van der Waals surface area contributed by atoms with Crippen molar-refractivity contribution < 1.29 is 14.3 Å². The number of carboxylic acid groups (broad SMARTS) is 1. The van der Waals surface area contributed by atoms with Crippen LogP contribution in [0.4, 0.5) is 15.8 Å². The number of rotatable bonds is 5. The Morgan fingerprint density at radius 1 is 1.35 bits per heavy atom. The van der Waals surface area contributed by atoms with Crippen LogP contribution in [0.15, 0.2) is 24.3 Å². The number of carbonyl (C=O) groups is 1. The average molecular weight is 294 g/mol. The highest BCUT2D eigenvalue weighted by atomic mass is 32.1. The zero-order valence-electron chi connectivity index (χ0n) is 10.9. The second-order valence-electron chi connectivity index (χ2n) is 4.26. The van der Waals surface area contributed by atoms with Gasteiger partial charge in [0, 0.05) is 16.3 Å². The maximum absolute atomic E-state index is 13.3. The SMILES string of the molecule is CCc1ccc(CNc2ccc(F)c(N)c2C(=O)O)s1. The van der Waals surface area contributed by atoms with E-state index in [1.165, 1.54) is 10.9 Å². The van der Waals surface area contributed by atoms with Crippen molar-refractivity contribution in [2.45, 2.75) is 19.9 Å². The van der Waals surface area contributed by atoms with Crippen LogP contribution in [0.1, 0.15) is 27.0 Å². The molecule has 0 amide bonds. The van der Waals surface area contributed by atoms with Crippen LogP contribution in [0.25, 0.3) is 0 Å². The minimum Gasteiger partial charge on any atom is -0.478 e. The van der Waals surface area contributed by atoms with E-state index in [0.29, 0.717) is 12.2 Å². The van der Waals surface area contributed by atoms with E-state index in [2.05, 4.69) is 12.2 Å². The third-order valence-electron chi connectivity index (χ3n) is 2.93. The Morgan fingerprint density at radius 2 is 2.05 bits per heavy atom. The lowest BCUT2D eigenvalue weighted by atomic mass is 10.1. The molecule has 20 heavy (non-hydrogen) atoms. The van der Waals surface area contributed by atoms with Gasteiger partial charge in [-0.05, 0) is 30.7 Å². The number of nitrogens with one attached hydrogen (secondary N) is 1. The van der Waals surface area contributed by atoms with Crippen molar-refractivity contribution in [2.75, 3.05) is 11.1 Å². The van der Waals surface area contributed by atoms with Crippen LogP contribution in [0.5, 0.6) is 0 Å². The van der Waals surface area contributed by atoms with Gasteiger partial charge in [-0.15, -0.1) is 11.3 Å². The molecule has 6 heteroatoms. The summed E-state index contributed by atoms with van der Waals surface area (Å²) in [7, 11) is 0. The first-order chi connectivity index (χ1) is 9.52. The van der Waals surface area contributed by atoms with Crippen molar-refractivity contribution in [3.63, 3.8) is 0 Å². The minimum absolute atomic E-state index is 0.225. The smallest absolute Gasteiger partial charge is 0.340 e. The molecule has 0 aliphatic rings. The van der Waals surface area contributed by atoms with Crippen LogP contribution in [-0.2, 0) is 13.0 Å². The summed E-state index contributed by atoms with van der Waals surface area (Å²) in [6.45, 7) is 2.56. The third-order valence-corrected chi connectivity index (χ3v) is 4.15. The van der Waals surface area contributed by atoms with Gasteiger partial charge in [0.1, 0.15) is 11.4 Å². The molecule has 0 fully saturated rings. The summed E-state index contributed by atoms with van der Waals surface area (Å²) >= 11 is 1.66. The molecule has 2 rings (SSSR count). The van der Waals surface area contributed by atoms with Crippen molar-refractivity contribution in [3.05, 3.63) is 45.4 Å². The number of hydrogen-bond acceptors (Lipinski definition) is 4. The van der Waals surface area contributed by atoms with E-state index in [0.717, 1.165) is 17.4 Å². The molecule has 0 spiro atoms. The van der Waals surface area contributed by atoms with Crippen LogP contribution in [0, 0.1) is 5.82 Å². The summed E-state index contributed by atoms with van der Waals surface area (Å²) in [6, 6.07) is 6.59. The first-order valence-electron chi connectivity index (χ1n) is 6.15. The molecule has 0 unspecified atom stereocenters. The molecule has 4 N–H and O–H groups in total. The molecule has 0 aliphatic heterocycles. The monoisotopic (exact) mass is 294 g/mol. The fourth-order valence-corrected chi connectivity index (χ4v) is 2.76. The van der Waals surface area contributed by atoms with Crippen molar-refractivity contribution in [3.8, 4) is 0 Å². The van der Waals surface area contributed by atoms with Gasteiger partial charge in [0.15, 0.2) is 0 Å². The lowest BCUT2D eigenvalue weighted by Crippen LogP contribution is -2.10. The number of anilines is 2. The van der Waals surface area contributed by atoms with Crippen LogP contribution in [0.3, 0.4) is 0 Å². The number of aryl methyl sites for hydroxylation is 1. The third kappa shape index (κ3) is 2.91. The van der Waals surface area contributed by atoms with E-state index in [-0.39, 0.29) is 11.3 Å². The molecule has 1 aromatic carbocycles. The fraction of sp³-hybridized carbons (Fsp3) is 0.214. The molecule has 1 heterocycles. The predicted molar refractivity (Wildman–Crippen MR) is 78.8 cm³/mol. The molecule has 0 saturated carbocycles. The van der Waals surface area contributed by atoms with Gasteiger partial charge >= 0.3 is 5.97 Å². The largest absolute Gasteiger partial charge is 0.478 e. The Morgan fingerprint density at radius 3 is 2.65 bits per heavy atom. The van der Waals surface area contributed by atoms with E-state index in [1.807, 2.05) is 12.1 Å². The maximum Gasteiger partial charge on any atom is 0.340 e. The summed E-state index contributed by atoms with van der Waals surface area (Å²) < 4.78 is 13.3. The molecule has 0 bridgehead atoms. The average Bonchev–Trinajstić information content (AvgIpc) is 2.87. The summed E-state index contributed by atoms with van der Waals surface area (Å²) in [4.78, 5) is 13.5. The molecule has 0 radical (unpaired) electrons. The normalized spacial score (nSPS) is 10.5. The molecule has 0 saturated heterocycles. The maximum atomic E-state index is 13.3. The van der Waals surface area contributed by atoms with Gasteiger partial charge in [0.2, 0.25) is 0 Å². The van der Waals surface area contributed by atoms with E-state index in [9.17, 15) is 9.18 Å². The van der Waals surface area contributed by atoms with E-state index in [1.54, 1.807) is 11.3 Å². The topological polar surface area (TPSA) is 75.3 Å². The van der Waals surface area contributed by atoms with Gasteiger partial charge in [-0.2, -0.15) is 0 Å². The molecule has 1 aromatic heterocycles. The fourth-order valence-electron chi connectivity index (χ4n) is 1.86. The number of halogens is 1. The molecular formula is C14H15FN2O2S. The van der Waals surface area contributed by atoms with Crippen molar-refractivity contribution in [2.24, 2.45) is 0 Å². The molecule has 4 nitrogen and oxygen atoms in total. The number of thiophene rings is 1. The number of nitrogens with two attached hydrogens (primary N) is 1. The molecule has 106 valence electrons. The minimum atomic E-state index is -1.25. The standard InChI is InChI=1S/C14H15FN2O2S/c1-2-8-3-4-9(20-8)7-17-11-6-5-10(15)13(16)12(11)14(18)19/h3-6,17H,2,7,16H2,1H3,(H,18,19). The van der Waals surface area contributed by atoms with Gasteiger partial charge in [-0.3, -0.25) is 0 Å². The van der Waals surface area contributed by atoms with Crippen LogP contribution < -0.4 is 11.1 Å². The number of aromatic carboxylic acids is 1. The van der Waals surface area contributed by atoms with Gasteiger partial charge in [-0.25, -0.2) is 9.18 Å². The Labute approximate surface area is 120 Å². The van der Waals surface area contributed by atoms with Gasteiger partial charge in [0.25, 0.3) is 0 Å². The van der Waals surface area contributed by atoms with E-state index in [4.69, 9.17) is 10.8 Å². The Bertz CT molecular complexity index is 640. The lowest BCUT2D eigenvalue weighted by Gasteiger charge is -2.11. The highest BCUT2D eigenvalue weighted by Crippen LogP contribution is 2.26. The zero-order chi connectivity index (χ0) is 14.7. The molecule has 0 aliphatic carbocycles. The van der Waals surface area contributed by atoms with Gasteiger partial charge < -0.3 is 16.2 Å². The van der Waals surface area contributed by atoms with Crippen molar-refractivity contribution in [1.29, 1.82) is 0 Å². The van der Waals surface area contributed by atoms with Crippen LogP contribution >= 0.6 is 11.3 Å². The summed E-state index contributed by atoms with van der Waals surface area (Å²) in [6.07, 6.45) is 0.967. The van der Waals surface area contributed by atoms with E-state index >= 15 is 0 Å². The summed E-state index contributed by atoms with van der Waals surface area (Å²) in [5, 5.41) is 12.1. The number of carboxylic acids is 1. The lowest BCUT2D eigenvalue weighted by molar-refractivity contribution is 0.0698. The van der Waals surface area contributed by atoms with Crippen molar-refractivity contribution >= 4 is 28.7 Å². The predicted octanol–water partition coefficient (Wildman–Crippen LogP) is 3.34. The Balaban J connectivity index is 2.21. The highest BCUT2D eigenvalue weighted by molar-refractivity contribution is 7.12. The van der Waals surface area contributed by atoms with Gasteiger partial charge in [-0.1, -0.05) is 6.92 Å². The first-order valence-corrected chi connectivity index (χ1v) is 6.97. The van der Waals surface area contributed by atoms with E-state index < -0.39 is 11.8 Å². The highest BCUT2D eigenvalue weighted by Gasteiger charge is 2.17. The molecular weight excluding hydrogens is 279 g/mol. The Hall–Kier alpha value is -2.08. The Kier molecular flexibility index (Phi) is 4.24. The van der Waals surface area contributed by atoms with Gasteiger partial charge in [0.05, 0.1) is 11.4 Å². The van der Waals surface area contributed by atoms with Crippen LogP contribution in [0.2, 0.25) is 0 Å². The first kappa shape index (κ1) is 14.3.